The first-order valence-corrected chi connectivity index (χ1v) is 12.0. The van der Waals surface area contributed by atoms with Gasteiger partial charge >= 0.3 is 0 Å². The number of aromatic nitrogens is 2. The predicted octanol–water partition coefficient (Wildman–Crippen LogP) is 5.21. The molecule has 1 fully saturated rings. The molecule has 0 spiro atoms. The van der Waals surface area contributed by atoms with Gasteiger partial charge in [0, 0.05) is 24.3 Å². The lowest BCUT2D eigenvalue weighted by Gasteiger charge is -2.33. The quantitative estimate of drug-likeness (QED) is 0.556. The highest BCUT2D eigenvalue weighted by Crippen LogP contribution is 2.39. The van der Waals surface area contributed by atoms with Gasteiger partial charge in [0.25, 0.3) is 0 Å². The van der Waals surface area contributed by atoms with Crippen LogP contribution in [0.4, 0.5) is 10.2 Å². The topological polar surface area (TPSA) is 58.1 Å². The van der Waals surface area contributed by atoms with Crippen molar-refractivity contribution in [3.05, 3.63) is 42.0 Å². The lowest BCUT2D eigenvalue weighted by Crippen LogP contribution is -2.43. The molecule has 2 aromatic heterocycles. The van der Waals surface area contributed by atoms with Crippen LogP contribution in [0.25, 0.3) is 20.3 Å². The first kappa shape index (κ1) is 20.4. The number of rotatable bonds is 5. The molecule has 0 radical (unpaired) electrons. The van der Waals surface area contributed by atoms with Crippen LogP contribution in [-0.2, 0) is 4.79 Å². The van der Waals surface area contributed by atoms with E-state index in [9.17, 15) is 9.18 Å². The molecule has 7 heteroatoms. The van der Waals surface area contributed by atoms with Crippen molar-refractivity contribution in [3.8, 4) is 0 Å². The highest BCUT2D eigenvalue weighted by Gasteiger charge is 2.28. The second-order valence-corrected chi connectivity index (χ2v) is 9.58. The van der Waals surface area contributed by atoms with Crippen molar-refractivity contribution in [2.24, 2.45) is 5.92 Å². The molecule has 162 valence electrons. The number of fused-ring (bicyclic) bond motifs is 3. The molecule has 1 aliphatic heterocycles. The summed E-state index contributed by atoms with van der Waals surface area (Å²) >= 11 is 1.52. The van der Waals surface area contributed by atoms with E-state index >= 15 is 0 Å². The van der Waals surface area contributed by atoms with E-state index in [2.05, 4.69) is 26.3 Å². The normalized spacial score (nSPS) is 19.6. The minimum absolute atomic E-state index is 0.0507. The zero-order valence-electron chi connectivity index (χ0n) is 17.6. The van der Waals surface area contributed by atoms with Crippen molar-refractivity contribution in [1.29, 1.82) is 0 Å². The smallest absolute Gasteiger partial charge is 0.224 e. The van der Waals surface area contributed by atoms with E-state index in [1.807, 2.05) is 6.07 Å². The number of piperidine rings is 1. The Labute approximate surface area is 185 Å². The Morgan fingerprint density at radius 3 is 3.06 bits per heavy atom. The van der Waals surface area contributed by atoms with Crippen molar-refractivity contribution in [3.63, 3.8) is 0 Å². The molecule has 1 saturated heterocycles. The van der Waals surface area contributed by atoms with E-state index in [1.54, 1.807) is 6.07 Å². The number of halogens is 1. The Bertz CT molecular complexity index is 1140. The van der Waals surface area contributed by atoms with E-state index in [1.165, 1.54) is 55.0 Å². The molecule has 5 rings (SSSR count). The van der Waals surface area contributed by atoms with Gasteiger partial charge in [0.1, 0.15) is 18.0 Å². The number of nitrogens with zero attached hydrogens (tertiary/aromatic N) is 3. The first-order valence-electron chi connectivity index (χ1n) is 11.2. The number of amides is 1. The maximum atomic E-state index is 14.4. The van der Waals surface area contributed by atoms with Crippen LogP contribution in [0.5, 0.6) is 0 Å². The van der Waals surface area contributed by atoms with Crippen LogP contribution in [0.2, 0.25) is 0 Å². The van der Waals surface area contributed by atoms with Gasteiger partial charge in [0.05, 0.1) is 21.5 Å². The van der Waals surface area contributed by atoms with Gasteiger partial charge < -0.3 is 10.2 Å². The van der Waals surface area contributed by atoms with Crippen LogP contribution in [-0.4, -0.2) is 35.5 Å². The Kier molecular flexibility index (Phi) is 5.85. The third kappa shape index (κ3) is 4.15. The van der Waals surface area contributed by atoms with E-state index in [0.717, 1.165) is 41.0 Å². The summed E-state index contributed by atoms with van der Waals surface area (Å²) in [6, 6.07) is 5.12. The molecule has 2 aliphatic rings. The fourth-order valence-electron chi connectivity index (χ4n) is 4.80. The maximum absolute atomic E-state index is 14.4. The Morgan fingerprint density at radius 2 is 2.19 bits per heavy atom. The van der Waals surface area contributed by atoms with Gasteiger partial charge in [-0.2, -0.15) is 0 Å². The molecule has 0 unspecified atom stereocenters. The van der Waals surface area contributed by atoms with Crippen LogP contribution in [0, 0.1) is 11.7 Å². The summed E-state index contributed by atoms with van der Waals surface area (Å²) in [5.41, 5.74) is 2.15. The maximum Gasteiger partial charge on any atom is 0.224 e. The molecule has 31 heavy (non-hydrogen) atoms. The molecule has 3 heterocycles. The van der Waals surface area contributed by atoms with Crippen LogP contribution >= 0.6 is 11.3 Å². The number of thiophene rings is 1. The van der Waals surface area contributed by atoms with Gasteiger partial charge in [0.2, 0.25) is 5.91 Å². The van der Waals surface area contributed by atoms with E-state index < -0.39 is 0 Å². The monoisotopic (exact) mass is 438 g/mol. The standard InChI is InChI=1S/C24H27FN4OS/c25-18-9-4-10-19-20(18)21-22(31-19)23(28-15-27-21)29-13-5-8-17(14-29)24(30)26-12-11-16-6-2-1-3-7-16/h4,6,9-10,15,17H,1-3,5,7-8,11-14H2,(H,26,30)/t17-/m0/s1. The predicted molar refractivity (Wildman–Crippen MR) is 124 cm³/mol. The number of nitrogens with one attached hydrogen (secondary N) is 1. The molecule has 1 amide bonds. The number of hydrogen-bond donors (Lipinski definition) is 1. The van der Waals surface area contributed by atoms with Crippen LogP contribution in [0.3, 0.4) is 0 Å². The number of anilines is 1. The largest absolute Gasteiger partial charge is 0.355 e. The Balaban J connectivity index is 1.30. The second-order valence-electron chi connectivity index (χ2n) is 8.52. The van der Waals surface area contributed by atoms with Gasteiger partial charge in [-0.3, -0.25) is 4.79 Å². The third-order valence-corrected chi connectivity index (χ3v) is 7.57. The van der Waals surface area contributed by atoms with Crippen molar-refractivity contribution < 1.29 is 9.18 Å². The van der Waals surface area contributed by atoms with E-state index in [4.69, 9.17) is 0 Å². The second kappa shape index (κ2) is 8.91. The zero-order valence-corrected chi connectivity index (χ0v) is 18.4. The van der Waals surface area contributed by atoms with Gasteiger partial charge in [-0.1, -0.05) is 17.7 Å². The lowest BCUT2D eigenvalue weighted by atomic mass is 9.96. The molecular formula is C24H27FN4OS. The molecule has 3 aromatic rings. The number of carbonyl (C=O) groups excluding carboxylic acids is 1. The molecule has 5 nitrogen and oxygen atoms in total. The van der Waals surface area contributed by atoms with Gasteiger partial charge in [-0.15, -0.1) is 11.3 Å². The summed E-state index contributed by atoms with van der Waals surface area (Å²) in [6.07, 6.45) is 11.5. The fourth-order valence-corrected chi connectivity index (χ4v) is 5.98. The zero-order chi connectivity index (χ0) is 21.2. The fraction of sp³-hybridized carbons (Fsp3) is 0.458. The number of hydrogen-bond acceptors (Lipinski definition) is 5. The summed E-state index contributed by atoms with van der Waals surface area (Å²) < 4.78 is 16.2. The van der Waals surface area contributed by atoms with Crippen molar-refractivity contribution in [2.75, 3.05) is 24.5 Å². The summed E-state index contributed by atoms with van der Waals surface area (Å²) in [5.74, 6) is 0.645. The molecule has 1 atom stereocenters. The Hall–Kier alpha value is -2.54. The van der Waals surface area contributed by atoms with Crippen LogP contribution in [0.15, 0.2) is 36.2 Å². The summed E-state index contributed by atoms with van der Waals surface area (Å²) in [6.45, 7) is 2.20. The van der Waals surface area contributed by atoms with E-state index in [-0.39, 0.29) is 17.6 Å². The van der Waals surface area contributed by atoms with E-state index in [0.29, 0.717) is 24.0 Å². The number of benzene rings is 1. The first-order chi connectivity index (χ1) is 15.2. The SMILES string of the molecule is O=C(NCCC1=CCCCC1)[C@H]1CCCN(c2ncnc3c2sc2cccc(F)c23)C1. The lowest BCUT2D eigenvalue weighted by molar-refractivity contribution is -0.125. The molecule has 1 aliphatic carbocycles. The summed E-state index contributed by atoms with van der Waals surface area (Å²) in [5, 5.41) is 3.72. The minimum Gasteiger partial charge on any atom is -0.355 e. The Morgan fingerprint density at radius 1 is 1.26 bits per heavy atom. The highest BCUT2D eigenvalue weighted by molar-refractivity contribution is 7.26. The van der Waals surface area contributed by atoms with Crippen molar-refractivity contribution in [1.82, 2.24) is 15.3 Å². The third-order valence-electron chi connectivity index (χ3n) is 6.43. The minimum atomic E-state index is -0.252. The van der Waals surface area contributed by atoms with Crippen molar-refractivity contribution >= 4 is 43.4 Å². The average Bonchev–Trinajstić information content (AvgIpc) is 3.20. The summed E-state index contributed by atoms with van der Waals surface area (Å²) in [4.78, 5) is 23.9. The van der Waals surface area contributed by atoms with Gasteiger partial charge in [-0.05, 0) is 57.1 Å². The van der Waals surface area contributed by atoms with Crippen molar-refractivity contribution in [2.45, 2.75) is 44.9 Å². The molecule has 1 N–H and O–H groups in total. The summed E-state index contributed by atoms with van der Waals surface area (Å²) in [7, 11) is 0. The van der Waals surface area contributed by atoms with Gasteiger partial charge in [-0.25, -0.2) is 14.4 Å². The molecular weight excluding hydrogens is 411 g/mol. The van der Waals surface area contributed by atoms with Gasteiger partial charge in [0.15, 0.2) is 0 Å². The van der Waals surface area contributed by atoms with Crippen LogP contribution in [0.1, 0.15) is 44.9 Å². The number of carbonyl (C=O) groups is 1. The molecule has 0 saturated carbocycles. The molecule has 0 bridgehead atoms. The number of allylic oxidation sites excluding steroid dienone is 1. The molecule has 1 aromatic carbocycles. The highest BCUT2D eigenvalue weighted by atomic mass is 32.1. The average molecular weight is 439 g/mol. The van der Waals surface area contributed by atoms with Crippen LogP contribution < -0.4 is 10.2 Å².